The van der Waals surface area contributed by atoms with Gasteiger partial charge in [0.25, 0.3) is 5.91 Å². The van der Waals surface area contributed by atoms with Gasteiger partial charge >= 0.3 is 0 Å². The van der Waals surface area contributed by atoms with Crippen molar-refractivity contribution in [3.8, 4) is 5.75 Å². The SMILES string of the molecule is O=C(NCC(O)COc1ccc(I)cc1)c1cc2n(n1)CCCC2O. The molecule has 25 heavy (non-hydrogen) atoms. The van der Waals surface area contributed by atoms with Crippen LogP contribution in [0.2, 0.25) is 0 Å². The number of halogens is 1. The fraction of sp³-hybridized carbons (Fsp3) is 0.412. The van der Waals surface area contributed by atoms with E-state index in [1.807, 2.05) is 24.3 Å². The van der Waals surface area contributed by atoms with Crippen LogP contribution in [0.5, 0.6) is 5.75 Å². The number of nitrogens with one attached hydrogen (secondary N) is 1. The van der Waals surface area contributed by atoms with Gasteiger partial charge in [-0.25, -0.2) is 0 Å². The third kappa shape index (κ3) is 4.71. The normalized spacial score (nSPS) is 17.6. The molecule has 2 aromatic rings. The van der Waals surface area contributed by atoms with E-state index in [9.17, 15) is 15.0 Å². The molecule has 2 unspecified atom stereocenters. The molecule has 8 heteroatoms. The number of carbonyl (C=O) groups excluding carboxylic acids is 1. The van der Waals surface area contributed by atoms with Crippen molar-refractivity contribution in [2.24, 2.45) is 0 Å². The summed E-state index contributed by atoms with van der Waals surface area (Å²) >= 11 is 2.20. The Kier molecular flexibility index (Phi) is 5.92. The van der Waals surface area contributed by atoms with Crippen molar-refractivity contribution in [3.05, 3.63) is 45.3 Å². The lowest BCUT2D eigenvalue weighted by Crippen LogP contribution is -2.35. The average molecular weight is 457 g/mol. The van der Waals surface area contributed by atoms with E-state index in [1.54, 1.807) is 10.7 Å². The Labute approximate surface area is 159 Å². The van der Waals surface area contributed by atoms with E-state index in [0.717, 1.165) is 9.99 Å². The molecule has 3 rings (SSSR count). The van der Waals surface area contributed by atoms with Crippen LogP contribution in [-0.2, 0) is 6.54 Å². The van der Waals surface area contributed by atoms with Crippen molar-refractivity contribution in [1.29, 1.82) is 0 Å². The molecule has 0 saturated carbocycles. The molecule has 0 spiro atoms. The number of fused-ring (bicyclic) bond motifs is 1. The van der Waals surface area contributed by atoms with Crippen LogP contribution in [0.15, 0.2) is 30.3 Å². The van der Waals surface area contributed by atoms with Crippen LogP contribution < -0.4 is 10.1 Å². The molecule has 0 aliphatic carbocycles. The van der Waals surface area contributed by atoms with Gasteiger partial charge in [0.15, 0.2) is 5.69 Å². The highest BCUT2D eigenvalue weighted by Gasteiger charge is 2.23. The van der Waals surface area contributed by atoms with E-state index in [0.29, 0.717) is 24.4 Å². The number of hydrogen-bond donors (Lipinski definition) is 3. The Bertz CT molecular complexity index is 732. The number of ether oxygens (including phenoxy) is 1. The molecule has 2 heterocycles. The zero-order valence-electron chi connectivity index (χ0n) is 13.6. The van der Waals surface area contributed by atoms with Crippen LogP contribution >= 0.6 is 22.6 Å². The number of aromatic nitrogens is 2. The summed E-state index contributed by atoms with van der Waals surface area (Å²) in [7, 11) is 0. The smallest absolute Gasteiger partial charge is 0.271 e. The highest BCUT2D eigenvalue weighted by Crippen LogP contribution is 2.24. The predicted molar refractivity (Wildman–Crippen MR) is 99.4 cm³/mol. The maximum atomic E-state index is 12.2. The highest BCUT2D eigenvalue weighted by molar-refractivity contribution is 14.1. The average Bonchev–Trinajstić information content (AvgIpc) is 3.05. The van der Waals surface area contributed by atoms with Crippen LogP contribution in [0.4, 0.5) is 0 Å². The van der Waals surface area contributed by atoms with E-state index >= 15 is 0 Å². The van der Waals surface area contributed by atoms with Crippen molar-refractivity contribution < 1.29 is 19.7 Å². The largest absolute Gasteiger partial charge is 0.491 e. The zero-order chi connectivity index (χ0) is 17.8. The Morgan fingerprint density at radius 1 is 1.44 bits per heavy atom. The number of amides is 1. The van der Waals surface area contributed by atoms with Gasteiger partial charge in [-0.2, -0.15) is 5.10 Å². The first-order valence-electron chi connectivity index (χ1n) is 8.13. The monoisotopic (exact) mass is 457 g/mol. The van der Waals surface area contributed by atoms with Gasteiger partial charge < -0.3 is 20.3 Å². The Hall–Kier alpha value is -1.65. The first-order valence-corrected chi connectivity index (χ1v) is 9.21. The topological polar surface area (TPSA) is 96.6 Å². The quantitative estimate of drug-likeness (QED) is 0.572. The Morgan fingerprint density at radius 3 is 2.92 bits per heavy atom. The first kappa shape index (κ1) is 18.2. The molecule has 2 atom stereocenters. The molecule has 1 amide bonds. The maximum absolute atomic E-state index is 12.2. The third-order valence-electron chi connectivity index (χ3n) is 3.99. The predicted octanol–water partition coefficient (Wildman–Crippen LogP) is 1.48. The zero-order valence-corrected chi connectivity index (χ0v) is 15.7. The van der Waals surface area contributed by atoms with Crippen molar-refractivity contribution >= 4 is 28.5 Å². The minimum Gasteiger partial charge on any atom is -0.491 e. The molecule has 0 radical (unpaired) electrons. The molecule has 1 aliphatic heterocycles. The maximum Gasteiger partial charge on any atom is 0.271 e. The molecule has 0 fully saturated rings. The third-order valence-corrected chi connectivity index (χ3v) is 4.71. The van der Waals surface area contributed by atoms with Crippen LogP contribution in [0.25, 0.3) is 0 Å². The van der Waals surface area contributed by atoms with E-state index in [4.69, 9.17) is 4.74 Å². The van der Waals surface area contributed by atoms with Gasteiger partial charge in [-0.05, 0) is 65.8 Å². The van der Waals surface area contributed by atoms with Crippen molar-refractivity contribution in [3.63, 3.8) is 0 Å². The molecule has 1 aromatic heterocycles. The summed E-state index contributed by atoms with van der Waals surface area (Å²) < 4.78 is 8.25. The second-order valence-electron chi connectivity index (χ2n) is 5.96. The number of carbonyl (C=O) groups is 1. The molecule has 0 saturated heterocycles. The van der Waals surface area contributed by atoms with Gasteiger partial charge in [-0.15, -0.1) is 0 Å². The van der Waals surface area contributed by atoms with E-state index in [2.05, 4.69) is 33.0 Å². The van der Waals surface area contributed by atoms with E-state index in [1.165, 1.54) is 0 Å². The van der Waals surface area contributed by atoms with Crippen molar-refractivity contribution in [2.75, 3.05) is 13.2 Å². The summed E-state index contributed by atoms with van der Waals surface area (Å²) in [5.41, 5.74) is 0.917. The number of nitrogens with zero attached hydrogens (tertiary/aromatic N) is 2. The first-order chi connectivity index (χ1) is 12.0. The fourth-order valence-electron chi connectivity index (χ4n) is 2.66. The molecule has 7 nitrogen and oxygen atoms in total. The van der Waals surface area contributed by atoms with Gasteiger partial charge in [0.2, 0.25) is 0 Å². The van der Waals surface area contributed by atoms with Gasteiger partial charge in [-0.3, -0.25) is 9.48 Å². The summed E-state index contributed by atoms with van der Waals surface area (Å²) in [6, 6.07) is 9.09. The lowest BCUT2D eigenvalue weighted by atomic mass is 10.1. The summed E-state index contributed by atoms with van der Waals surface area (Å²) in [5.74, 6) is 0.295. The molecular formula is C17H20IN3O4. The molecule has 3 N–H and O–H groups in total. The van der Waals surface area contributed by atoms with Crippen LogP contribution in [0, 0.1) is 3.57 Å². The number of aryl methyl sites for hydroxylation is 1. The van der Waals surface area contributed by atoms with E-state index < -0.39 is 12.2 Å². The minimum atomic E-state index is -0.828. The Morgan fingerprint density at radius 2 is 2.20 bits per heavy atom. The van der Waals surface area contributed by atoms with Gasteiger partial charge in [-0.1, -0.05) is 0 Å². The molecule has 1 aromatic carbocycles. The standard InChI is InChI=1S/C17H20IN3O4/c18-11-3-5-13(6-4-11)25-10-12(22)9-19-17(24)14-8-15-16(23)2-1-7-21(15)20-14/h3-6,8,12,16,22-23H,1-2,7,9-10H2,(H,19,24). The van der Waals surface area contributed by atoms with Crippen molar-refractivity contribution in [1.82, 2.24) is 15.1 Å². The summed E-state index contributed by atoms with van der Waals surface area (Å²) in [4.78, 5) is 12.2. The number of hydrogen-bond acceptors (Lipinski definition) is 5. The number of rotatable bonds is 6. The molecular weight excluding hydrogens is 437 g/mol. The van der Waals surface area contributed by atoms with Crippen LogP contribution in [-0.4, -0.2) is 45.2 Å². The fourth-order valence-corrected chi connectivity index (χ4v) is 3.01. The van der Waals surface area contributed by atoms with Crippen LogP contribution in [0.1, 0.15) is 35.1 Å². The van der Waals surface area contributed by atoms with Gasteiger partial charge in [0.1, 0.15) is 18.5 Å². The van der Waals surface area contributed by atoms with Crippen molar-refractivity contribution in [2.45, 2.75) is 31.6 Å². The summed E-state index contributed by atoms with van der Waals surface area (Å²) in [6.45, 7) is 0.847. The second-order valence-corrected chi connectivity index (χ2v) is 7.21. The number of benzene rings is 1. The number of aliphatic hydroxyl groups is 2. The van der Waals surface area contributed by atoms with E-state index in [-0.39, 0.29) is 24.8 Å². The Balaban J connectivity index is 1.47. The lowest BCUT2D eigenvalue weighted by Gasteiger charge is -2.18. The second kappa shape index (κ2) is 8.15. The molecule has 0 bridgehead atoms. The summed E-state index contributed by atoms with van der Waals surface area (Å²) in [5, 5.41) is 26.7. The van der Waals surface area contributed by atoms with Crippen LogP contribution in [0.3, 0.4) is 0 Å². The lowest BCUT2D eigenvalue weighted by molar-refractivity contribution is 0.0839. The minimum absolute atomic E-state index is 0.0634. The van der Waals surface area contributed by atoms with Gasteiger partial charge in [0, 0.05) is 16.7 Å². The molecule has 134 valence electrons. The van der Waals surface area contributed by atoms with Gasteiger partial charge in [0.05, 0.1) is 11.8 Å². The highest BCUT2D eigenvalue weighted by atomic mass is 127. The molecule has 1 aliphatic rings. The number of aliphatic hydroxyl groups excluding tert-OH is 2. The summed E-state index contributed by atoms with van der Waals surface area (Å²) in [6.07, 6.45) is 0.120.